The van der Waals surface area contributed by atoms with Crippen LogP contribution in [0.2, 0.25) is 0 Å². The van der Waals surface area contributed by atoms with E-state index in [-0.39, 0.29) is 0 Å². The SMILES string of the molecule is C=CCCC(=C)c1c2ccccc2c(C2=CC=CCC2)c2ccccc12. The van der Waals surface area contributed by atoms with Gasteiger partial charge in [0.1, 0.15) is 0 Å². The van der Waals surface area contributed by atoms with Crippen LogP contribution in [0.4, 0.5) is 0 Å². The fourth-order valence-electron chi connectivity index (χ4n) is 4.07. The molecular weight excluding hydrogens is 312 g/mol. The van der Waals surface area contributed by atoms with Gasteiger partial charge in [-0.05, 0) is 69.5 Å². The maximum atomic E-state index is 4.43. The van der Waals surface area contributed by atoms with E-state index in [0.717, 1.165) is 25.7 Å². The normalized spacial score (nSPS) is 13.8. The van der Waals surface area contributed by atoms with Crippen molar-refractivity contribution >= 4 is 32.7 Å². The summed E-state index contributed by atoms with van der Waals surface area (Å²) in [6, 6.07) is 17.6. The highest BCUT2D eigenvalue weighted by Gasteiger charge is 2.17. The number of benzene rings is 3. The van der Waals surface area contributed by atoms with Crippen LogP contribution in [0, 0.1) is 0 Å². The molecule has 0 aromatic heterocycles. The second-order valence-corrected chi connectivity index (χ2v) is 6.93. The minimum atomic E-state index is 0.947. The van der Waals surface area contributed by atoms with Gasteiger partial charge in [-0.2, -0.15) is 0 Å². The summed E-state index contributed by atoms with van der Waals surface area (Å²) in [7, 11) is 0. The number of hydrogen-bond donors (Lipinski definition) is 0. The molecule has 0 saturated carbocycles. The van der Waals surface area contributed by atoms with E-state index in [1.807, 2.05) is 6.08 Å². The maximum absolute atomic E-state index is 4.43. The molecule has 26 heavy (non-hydrogen) atoms. The summed E-state index contributed by atoms with van der Waals surface area (Å²) in [6.07, 6.45) is 12.8. The Hall–Kier alpha value is -2.86. The van der Waals surface area contributed by atoms with Gasteiger partial charge in [0.15, 0.2) is 0 Å². The van der Waals surface area contributed by atoms with Gasteiger partial charge in [-0.1, -0.05) is 79.4 Å². The quantitative estimate of drug-likeness (QED) is 0.330. The van der Waals surface area contributed by atoms with Gasteiger partial charge in [0.25, 0.3) is 0 Å². The standard InChI is InChI=1S/C26H24/c1-3-4-12-19(2)25-21-15-8-10-17-23(21)26(20-13-6-5-7-14-20)24-18-11-9-16-22(24)25/h3,5-6,8-11,13,15-18H,1-2,4,7,12,14H2. The van der Waals surface area contributed by atoms with Crippen LogP contribution >= 0.6 is 0 Å². The molecule has 0 spiro atoms. The van der Waals surface area contributed by atoms with E-state index in [4.69, 9.17) is 0 Å². The molecule has 3 aromatic carbocycles. The smallest absolute Gasteiger partial charge is 0.00667 e. The molecule has 0 aliphatic heterocycles. The predicted octanol–water partition coefficient (Wildman–Crippen LogP) is 7.71. The summed E-state index contributed by atoms with van der Waals surface area (Å²) in [5, 5.41) is 5.29. The van der Waals surface area contributed by atoms with E-state index in [9.17, 15) is 0 Å². The molecular formula is C26H24. The molecule has 0 radical (unpaired) electrons. The molecule has 3 aromatic rings. The highest BCUT2D eigenvalue weighted by molar-refractivity contribution is 6.15. The zero-order valence-corrected chi connectivity index (χ0v) is 15.2. The van der Waals surface area contributed by atoms with Crippen LogP contribution in [0.5, 0.6) is 0 Å². The highest BCUT2D eigenvalue weighted by Crippen LogP contribution is 2.41. The van der Waals surface area contributed by atoms with Crippen LogP contribution in [0.3, 0.4) is 0 Å². The van der Waals surface area contributed by atoms with E-state index < -0.39 is 0 Å². The van der Waals surface area contributed by atoms with Gasteiger partial charge in [0, 0.05) is 0 Å². The van der Waals surface area contributed by atoms with Crippen LogP contribution in [-0.2, 0) is 0 Å². The van der Waals surface area contributed by atoms with E-state index >= 15 is 0 Å². The molecule has 0 saturated heterocycles. The van der Waals surface area contributed by atoms with Crippen LogP contribution in [0.1, 0.15) is 36.8 Å². The first-order valence-corrected chi connectivity index (χ1v) is 9.40. The van der Waals surface area contributed by atoms with E-state index in [1.165, 1.54) is 43.8 Å². The molecule has 0 heteroatoms. The van der Waals surface area contributed by atoms with Gasteiger partial charge >= 0.3 is 0 Å². The second kappa shape index (κ2) is 7.17. The van der Waals surface area contributed by atoms with Crippen molar-refractivity contribution in [1.82, 2.24) is 0 Å². The first-order chi connectivity index (χ1) is 12.8. The maximum Gasteiger partial charge on any atom is -0.00667 e. The average Bonchev–Trinajstić information content (AvgIpc) is 2.70. The van der Waals surface area contributed by atoms with Gasteiger partial charge in [0.05, 0.1) is 0 Å². The van der Waals surface area contributed by atoms with Gasteiger partial charge in [-0.15, -0.1) is 6.58 Å². The van der Waals surface area contributed by atoms with Crippen molar-refractivity contribution in [2.24, 2.45) is 0 Å². The van der Waals surface area contributed by atoms with Crippen LogP contribution in [-0.4, -0.2) is 0 Å². The van der Waals surface area contributed by atoms with Crippen molar-refractivity contribution < 1.29 is 0 Å². The number of allylic oxidation sites excluding steroid dienone is 6. The van der Waals surface area contributed by atoms with E-state index in [1.54, 1.807) is 0 Å². The van der Waals surface area contributed by atoms with Crippen molar-refractivity contribution in [3.63, 3.8) is 0 Å². The third-order valence-electron chi connectivity index (χ3n) is 5.27. The third-order valence-corrected chi connectivity index (χ3v) is 5.27. The summed E-state index contributed by atoms with van der Waals surface area (Å²) in [5.41, 5.74) is 5.32. The molecule has 0 bridgehead atoms. The number of fused-ring (bicyclic) bond motifs is 2. The lowest BCUT2D eigenvalue weighted by molar-refractivity contribution is 1.06. The first-order valence-electron chi connectivity index (χ1n) is 9.40. The van der Waals surface area contributed by atoms with Crippen molar-refractivity contribution in [3.05, 3.63) is 97.1 Å². The Bertz CT molecular complexity index is 1000. The van der Waals surface area contributed by atoms with Gasteiger partial charge in [-0.25, -0.2) is 0 Å². The van der Waals surface area contributed by atoms with E-state index in [2.05, 4.69) is 79.9 Å². The zero-order valence-electron chi connectivity index (χ0n) is 15.2. The Balaban J connectivity index is 2.10. The second-order valence-electron chi connectivity index (χ2n) is 6.93. The minimum absolute atomic E-state index is 0.947. The third kappa shape index (κ3) is 2.82. The molecule has 0 unspecified atom stereocenters. The predicted molar refractivity (Wildman–Crippen MR) is 116 cm³/mol. The Morgan fingerprint density at radius 3 is 2.08 bits per heavy atom. The summed E-state index contributed by atoms with van der Waals surface area (Å²) in [4.78, 5) is 0. The first kappa shape index (κ1) is 16.6. The van der Waals surface area contributed by atoms with Crippen LogP contribution in [0.15, 0.2) is 86.0 Å². The molecule has 0 fully saturated rings. The lowest BCUT2D eigenvalue weighted by Gasteiger charge is -2.20. The van der Waals surface area contributed by atoms with Crippen molar-refractivity contribution in [2.75, 3.05) is 0 Å². The minimum Gasteiger partial charge on any atom is -0.103 e. The summed E-state index contributed by atoms with van der Waals surface area (Å²) in [5.74, 6) is 0. The molecule has 4 rings (SSSR count). The molecule has 0 amide bonds. The molecule has 0 N–H and O–H groups in total. The summed E-state index contributed by atoms with van der Waals surface area (Å²) in [6.45, 7) is 8.30. The fourth-order valence-corrected chi connectivity index (χ4v) is 4.07. The Kier molecular flexibility index (Phi) is 4.58. The summed E-state index contributed by atoms with van der Waals surface area (Å²) < 4.78 is 0. The van der Waals surface area contributed by atoms with Crippen molar-refractivity contribution in [2.45, 2.75) is 25.7 Å². The Morgan fingerprint density at radius 2 is 1.54 bits per heavy atom. The molecule has 1 aliphatic rings. The lowest BCUT2D eigenvalue weighted by Crippen LogP contribution is -1.97. The van der Waals surface area contributed by atoms with E-state index in [0.29, 0.717) is 0 Å². The molecule has 0 heterocycles. The Morgan fingerprint density at radius 1 is 0.923 bits per heavy atom. The zero-order chi connectivity index (χ0) is 17.9. The van der Waals surface area contributed by atoms with Crippen molar-refractivity contribution in [1.29, 1.82) is 0 Å². The molecule has 128 valence electrons. The van der Waals surface area contributed by atoms with Gasteiger partial charge in [0.2, 0.25) is 0 Å². The number of rotatable bonds is 5. The monoisotopic (exact) mass is 336 g/mol. The topological polar surface area (TPSA) is 0 Å². The Labute approximate surface area is 155 Å². The lowest BCUT2D eigenvalue weighted by atomic mass is 9.83. The molecule has 1 aliphatic carbocycles. The average molecular weight is 336 g/mol. The van der Waals surface area contributed by atoms with Crippen LogP contribution in [0.25, 0.3) is 32.7 Å². The summed E-state index contributed by atoms with van der Waals surface area (Å²) >= 11 is 0. The largest absolute Gasteiger partial charge is 0.103 e. The van der Waals surface area contributed by atoms with Gasteiger partial charge in [-0.3, -0.25) is 0 Å². The molecule has 0 atom stereocenters. The van der Waals surface area contributed by atoms with Gasteiger partial charge < -0.3 is 0 Å². The molecule has 0 nitrogen and oxygen atoms in total. The van der Waals surface area contributed by atoms with Crippen molar-refractivity contribution in [3.8, 4) is 0 Å². The highest BCUT2D eigenvalue weighted by atomic mass is 14.2. The number of hydrogen-bond acceptors (Lipinski definition) is 0. The van der Waals surface area contributed by atoms with Crippen LogP contribution < -0.4 is 0 Å². The fraction of sp³-hybridized carbons (Fsp3) is 0.154.